The molecular formula is C26H19N3. The predicted octanol–water partition coefficient (Wildman–Crippen LogP) is 5.38. The van der Waals surface area contributed by atoms with Crippen LogP contribution in [0.2, 0.25) is 0 Å². The summed E-state index contributed by atoms with van der Waals surface area (Å²) in [5.74, 6) is -0.300. The summed E-state index contributed by atoms with van der Waals surface area (Å²) in [4.78, 5) is 1.99. The Morgan fingerprint density at radius 1 is 0.724 bits per heavy atom. The lowest BCUT2D eigenvalue weighted by Gasteiger charge is -2.35. The standard InChI is InChI=1S/C26H19N3/c27-17-26(18-28)24(21-12-5-2-6-13-21)23(20-10-3-1-4-11-20)25-22-14-8-7-9-19(22)15-16-29(25)26/h1-16,23-25H/t23-,24+,25-/m1/s1. The van der Waals surface area contributed by atoms with E-state index in [1.54, 1.807) is 0 Å². The number of nitriles is 2. The van der Waals surface area contributed by atoms with Crippen LogP contribution in [0.3, 0.4) is 0 Å². The Morgan fingerprint density at radius 3 is 1.97 bits per heavy atom. The van der Waals surface area contributed by atoms with Gasteiger partial charge in [0.25, 0.3) is 0 Å². The molecule has 0 unspecified atom stereocenters. The molecule has 3 aromatic rings. The molecule has 138 valence electrons. The second kappa shape index (κ2) is 6.66. The molecule has 3 heteroatoms. The van der Waals surface area contributed by atoms with Gasteiger partial charge in [-0.15, -0.1) is 0 Å². The smallest absolute Gasteiger partial charge is 0.222 e. The van der Waals surface area contributed by atoms with Crippen molar-refractivity contribution in [3.05, 3.63) is 113 Å². The van der Waals surface area contributed by atoms with E-state index in [-0.39, 0.29) is 17.9 Å². The second-order valence-electron chi connectivity index (χ2n) is 7.61. The van der Waals surface area contributed by atoms with E-state index in [0.29, 0.717) is 0 Å². The second-order valence-corrected chi connectivity index (χ2v) is 7.61. The van der Waals surface area contributed by atoms with E-state index in [0.717, 1.165) is 22.3 Å². The Labute approximate surface area is 170 Å². The Balaban J connectivity index is 1.82. The molecule has 1 fully saturated rings. The van der Waals surface area contributed by atoms with Crippen LogP contribution >= 0.6 is 0 Å². The molecule has 0 aromatic heterocycles. The summed E-state index contributed by atoms with van der Waals surface area (Å²) in [6.45, 7) is 0. The molecule has 3 aromatic carbocycles. The van der Waals surface area contributed by atoms with Gasteiger partial charge < -0.3 is 4.90 Å². The lowest BCUT2D eigenvalue weighted by Crippen LogP contribution is -2.43. The zero-order valence-corrected chi connectivity index (χ0v) is 15.8. The van der Waals surface area contributed by atoms with Crippen molar-refractivity contribution in [2.24, 2.45) is 0 Å². The van der Waals surface area contributed by atoms with Gasteiger partial charge in [0.1, 0.15) is 12.1 Å². The first-order chi connectivity index (χ1) is 14.3. The van der Waals surface area contributed by atoms with Crippen LogP contribution < -0.4 is 0 Å². The van der Waals surface area contributed by atoms with Crippen molar-refractivity contribution >= 4 is 6.08 Å². The van der Waals surface area contributed by atoms with Crippen molar-refractivity contribution in [2.45, 2.75) is 23.4 Å². The van der Waals surface area contributed by atoms with Gasteiger partial charge in [0, 0.05) is 18.0 Å². The molecule has 0 saturated carbocycles. The Hall–Kier alpha value is -3.82. The first-order valence-corrected chi connectivity index (χ1v) is 9.78. The number of fused-ring (bicyclic) bond motifs is 3. The lowest BCUT2D eigenvalue weighted by atomic mass is 9.72. The van der Waals surface area contributed by atoms with Crippen LogP contribution in [0.1, 0.15) is 40.1 Å². The summed E-state index contributed by atoms with van der Waals surface area (Å²) in [5.41, 5.74) is 3.19. The van der Waals surface area contributed by atoms with Crippen LogP contribution in [0.25, 0.3) is 6.08 Å². The van der Waals surface area contributed by atoms with E-state index in [9.17, 15) is 10.5 Å². The highest BCUT2D eigenvalue weighted by Gasteiger charge is 2.61. The highest BCUT2D eigenvalue weighted by molar-refractivity contribution is 5.62. The summed E-state index contributed by atoms with van der Waals surface area (Å²) in [5, 5.41) is 20.7. The summed E-state index contributed by atoms with van der Waals surface area (Å²) in [7, 11) is 0. The fourth-order valence-electron chi connectivity index (χ4n) is 5.08. The predicted molar refractivity (Wildman–Crippen MR) is 112 cm³/mol. The summed E-state index contributed by atoms with van der Waals surface area (Å²) in [6.07, 6.45) is 3.96. The third-order valence-corrected chi connectivity index (χ3v) is 6.27. The maximum Gasteiger partial charge on any atom is 0.222 e. The fraction of sp³-hybridized carbons (Fsp3) is 0.154. The van der Waals surface area contributed by atoms with Crippen LogP contribution in [-0.2, 0) is 0 Å². The van der Waals surface area contributed by atoms with Crippen LogP contribution in [-0.4, -0.2) is 10.4 Å². The van der Waals surface area contributed by atoms with Crippen molar-refractivity contribution < 1.29 is 0 Å². The Morgan fingerprint density at radius 2 is 1.31 bits per heavy atom. The minimum atomic E-state index is -1.28. The normalized spacial score (nSPS) is 23.5. The maximum absolute atomic E-state index is 10.4. The quantitative estimate of drug-likeness (QED) is 0.606. The summed E-state index contributed by atoms with van der Waals surface area (Å²) >= 11 is 0. The molecule has 2 aliphatic rings. The minimum Gasteiger partial charge on any atom is -0.340 e. The molecule has 0 bridgehead atoms. The Kier molecular flexibility index (Phi) is 3.97. The first kappa shape index (κ1) is 17.3. The minimum absolute atomic E-state index is 0.0241. The largest absolute Gasteiger partial charge is 0.340 e. The average Bonchev–Trinajstić information content (AvgIpc) is 3.11. The zero-order chi connectivity index (χ0) is 19.8. The van der Waals surface area contributed by atoms with Crippen LogP contribution in [0.4, 0.5) is 0 Å². The summed E-state index contributed by atoms with van der Waals surface area (Å²) < 4.78 is 0. The van der Waals surface area contributed by atoms with Crippen LogP contribution in [0.15, 0.2) is 91.1 Å². The number of rotatable bonds is 2. The zero-order valence-electron chi connectivity index (χ0n) is 15.8. The maximum atomic E-state index is 10.4. The van der Waals surface area contributed by atoms with Gasteiger partial charge in [0.2, 0.25) is 5.54 Å². The number of nitrogens with zero attached hydrogens (tertiary/aromatic N) is 3. The van der Waals surface area contributed by atoms with E-state index in [1.807, 2.05) is 77.8 Å². The van der Waals surface area contributed by atoms with Crippen LogP contribution in [0, 0.1) is 22.7 Å². The topological polar surface area (TPSA) is 50.8 Å². The number of hydrogen-bond acceptors (Lipinski definition) is 3. The molecule has 0 N–H and O–H groups in total. The van der Waals surface area contributed by atoms with Gasteiger partial charge in [-0.05, 0) is 28.3 Å². The Bertz CT molecular complexity index is 1140. The third kappa shape index (κ3) is 2.42. The van der Waals surface area contributed by atoms with Gasteiger partial charge in [-0.3, -0.25) is 0 Å². The molecule has 0 radical (unpaired) electrons. The molecule has 0 aliphatic carbocycles. The fourth-order valence-corrected chi connectivity index (χ4v) is 5.08. The molecule has 3 atom stereocenters. The molecule has 29 heavy (non-hydrogen) atoms. The van der Waals surface area contributed by atoms with Crippen molar-refractivity contribution in [2.75, 3.05) is 0 Å². The number of benzene rings is 3. The molecule has 3 nitrogen and oxygen atoms in total. The molecule has 0 spiro atoms. The van der Waals surface area contributed by atoms with E-state index in [2.05, 4.69) is 36.4 Å². The molecule has 0 amide bonds. The monoisotopic (exact) mass is 373 g/mol. The van der Waals surface area contributed by atoms with E-state index in [4.69, 9.17) is 0 Å². The van der Waals surface area contributed by atoms with Crippen molar-refractivity contribution in [3.8, 4) is 12.1 Å². The van der Waals surface area contributed by atoms with Crippen molar-refractivity contribution in [1.82, 2.24) is 4.90 Å². The van der Waals surface area contributed by atoms with Gasteiger partial charge in [-0.2, -0.15) is 10.5 Å². The first-order valence-electron chi connectivity index (χ1n) is 9.78. The molecule has 1 saturated heterocycles. The van der Waals surface area contributed by atoms with Crippen molar-refractivity contribution in [3.63, 3.8) is 0 Å². The number of hydrogen-bond donors (Lipinski definition) is 0. The molecule has 2 heterocycles. The van der Waals surface area contributed by atoms with Gasteiger partial charge in [0.15, 0.2) is 0 Å². The van der Waals surface area contributed by atoms with Gasteiger partial charge in [-0.25, -0.2) is 0 Å². The van der Waals surface area contributed by atoms with Gasteiger partial charge >= 0.3 is 0 Å². The van der Waals surface area contributed by atoms with Gasteiger partial charge in [-0.1, -0.05) is 84.9 Å². The lowest BCUT2D eigenvalue weighted by molar-refractivity contribution is 0.255. The average molecular weight is 373 g/mol. The van der Waals surface area contributed by atoms with E-state index in [1.165, 1.54) is 0 Å². The summed E-state index contributed by atoms with van der Waals surface area (Å²) in [6, 6.07) is 33.4. The van der Waals surface area contributed by atoms with Gasteiger partial charge in [0.05, 0.1) is 6.04 Å². The molecule has 2 aliphatic heterocycles. The van der Waals surface area contributed by atoms with Crippen molar-refractivity contribution in [1.29, 1.82) is 10.5 Å². The highest BCUT2D eigenvalue weighted by atomic mass is 15.3. The molecular weight excluding hydrogens is 354 g/mol. The molecule has 5 rings (SSSR count). The van der Waals surface area contributed by atoms with E-state index < -0.39 is 5.54 Å². The van der Waals surface area contributed by atoms with E-state index >= 15 is 0 Å². The highest BCUT2D eigenvalue weighted by Crippen LogP contribution is 2.60. The third-order valence-electron chi connectivity index (χ3n) is 6.27. The SMILES string of the molecule is N#CC1(C#N)[C@@H](c2ccccc2)[C@@H](c2ccccc2)[C@H]2c3ccccc3C=CN21. The van der Waals surface area contributed by atoms with Crippen LogP contribution in [0.5, 0.6) is 0 Å².